The van der Waals surface area contributed by atoms with Gasteiger partial charge in [-0.15, -0.1) is 0 Å². The van der Waals surface area contributed by atoms with Crippen LogP contribution in [0, 0.1) is 0 Å². The van der Waals surface area contributed by atoms with Gasteiger partial charge in [0.2, 0.25) is 5.91 Å². The van der Waals surface area contributed by atoms with Crippen molar-refractivity contribution in [3.63, 3.8) is 0 Å². The molecular formula is C23H23N3O. The zero-order valence-corrected chi connectivity index (χ0v) is 15.2. The number of fused-ring (bicyclic) bond motifs is 1. The van der Waals surface area contributed by atoms with Crippen LogP contribution < -0.4 is 5.73 Å². The van der Waals surface area contributed by atoms with E-state index in [1.165, 1.54) is 5.39 Å². The number of aromatic nitrogens is 1. The van der Waals surface area contributed by atoms with Gasteiger partial charge in [0.25, 0.3) is 0 Å². The first kappa shape index (κ1) is 17.4. The van der Waals surface area contributed by atoms with Crippen LogP contribution in [0.4, 0.5) is 0 Å². The van der Waals surface area contributed by atoms with Gasteiger partial charge >= 0.3 is 0 Å². The Labute approximate surface area is 159 Å². The molecule has 2 atom stereocenters. The van der Waals surface area contributed by atoms with Gasteiger partial charge in [-0.1, -0.05) is 60.7 Å². The molecule has 0 saturated carbocycles. The van der Waals surface area contributed by atoms with Crippen LogP contribution in [0.5, 0.6) is 0 Å². The first-order valence-corrected chi connectivity index (χ1v) is 9.31. The molecule has 2 aromatic carbocycles. The van der Waals surface area contributed by atoms with Crippen molar-refractivity contribution in [1.82, 2.24) is 9.88 Å². The van der Waals surface area contributed by atoms with Crippen molar-refractivity contribution in [2.24, 2.45) is 5.73 Å². The molecule has 1 aromatic heterocycles. The first-order chi connectivity index (χ1) is 13.2. The monoisotopic (exact) mass is 357 g/mol. The minimum atomic E-state index is -0.568. The molecule has 1 aliphatic heterocycles. The van der Waals surface area contributed by atoms with Gasteiger partial charge in [-0.2, -0.15) is 0 Å². The average molecular weight is 357 g/mol. The smallest absolute Gasteiger partial charge is 0.240 e. The van der Waals surface area contributed by atoms with E-state index in [9.17, 15) is 4.79 Å². The predicted molar refractivity (Wildman–Crippen MR) is 108 cm³/mol. The number of carbonyl (C=O) groups is 1. The molecule has 27 heavy (non-hydrogen) atoms. The maximum atomic E-state index is 13.2. The van der Waals surface area contributed by atoms with E-state index in [1.807, 2.05) is 47.5 Å². The highest BCUT2D eigenvalue weighted by Crippen LogP contribution is 2.28. The Morgan fingerprint density at radius 1 is 1.11 bits per heavy atom. The highest BCUT2D eigenvalue weighted by molar-refractivity contribution is 5.87. The zero-order valence-electron chi connectivity index (χ0n) is 15.2. The lowest BCUT2D eigenvalue weighted by molar-refractivity contribution is -0.134. The number of amides is 1. The van der Waals surface area contributed by atoms with E-state index in [4.69, 9.17) is 5.73 Å². The fourth-order valence-corrected chi connectivity index (χ4v) is 3.81. The van der Waals surface area contributed by atoms with Crippen molar-refractivity contribution in [3.8, 4) is 0 Å². The molecule has 4 nitrogen and oxygen atoms in total. The third-order valence-electron chi connectivity index (χ3n) is 5.19. The van der Waals surface area contributed by atoms with Crippen LogP contribution in [0.3, 0.4) is 0 Å². The quantitative estimate of drug-likeness (QED) is 0.725. The predicted octanol–water partition coefficient (Wildman–Crippen LogP) is 3.63. The van der Waals surface area contributed by atoms with Gasteiger partial charge in [-0.05, 0) is 40.8 Å². The topological polar surface area (TPSA) is 59.2 Å². The standard InChI is InChI=1S/C23H23N3O/c24-21(15-18-9-5-8-17-7-1-2-11-20(17)18)23(27)26-14-4-3-12-22(26)19-10-6-13-25-16-19/h1-11,13,16,21-22H,12,14-15,24H2. The number of hydrogen-bond donors (Lipinski definition) is 1. The molecule has 0 radical (unpaired) electrons. The lowest BCUT2D eigenvalue weighted by atomic mass is 9.96. The summed E-state index contributed by atoms with van der Waals surface area (Å²) in [4.78, 5) is 19.3. The Morgan fingerprint density at radius 3 is 2.81 bits per heavy atom. The van der Waals surface area contributed by atoms with Gasteiger partial charge in [0.1, 0.15) is 0 Å². The molecule has 0 bridgehead atoms. The van der Waals surface area contributed by atoms with Crippen LogP contribution in [0.15, 0.2) is 79.1 Å². The Hall–Kier alpha value is -2.98. The normalized spacial score (nSPS) is 17.8. The molecule has 2 N–H and O–H groups in total. The average Bonchev–Trinajstić information content (AvgIpc) is 2.74. The molecule has 0 aliphatic carbocycles. The Bertz CT molecular complexity index is 962. The first-order valence-electron chi connectivity index (χ1n) is 9.31. The summed E-state index contributed by atoms with van der Waals surface area (Å²) >= 11 is 0. The molecule has 1 amide bonds. The zero-order chi connectivity index (χ0) is 18.6. The van der Waals surface area contributed by atoms with Crippen molar-refractivity contribution < 1.29 is 4.79 Å². The molecule has 3 aromatic rings. The fraction of sp³-hybridized carbons (Fsp3) is 0.217. The number of nitrogens with zero attached hydrogens (tertiary/aromatic N) is 2. The Kier molecular flexibility index (Phi) is 4.99. The van der Waals surface area contributed by atoms with Crippen LogP contribution >= 0.6 is 0 Å². The van der Waals surface area contributed by atoms with Crippen LogP contribution in [-0.2, 0) is 11.2 Å². The van der Waals surface area contributed by atoms with Crippen molar-refractivity contribution in [3.05, 3.63) is 90.3 Å². The van der Waals surface area contributed by atoms with E-state index in [2.05, 4.69) is 35.3 Å². The highest BCUT2D eigenvalue weighted by Gasteiger charge is 2.29. The van der Waals surface area contributed by atoms with Gasteiger partial charge in [0.15, 0.2) is 0 Å². The van der Waals surface area contributed by atoms with Crippen molar-refractivity contribution in [2.75, 3.05) is 6.54 Å². The summed E-state index contributed by atoms with van der Waals surface area (Å²) in [5.41, 5.74) is 8.54. The van der Waals surface area contributed by atoms with E-state index in [-0.39, 0.29) is 11.9 Å². The molecular weight excluding hydrogens is 334 g/mol. The molecule has 1 aliphatic rings. The molecule has 2 heterocycles. The minimum Gasteiger partial charge on any atom is -0.330 e. The van der Waals surface area contributed by atoms with Crippen LogP contribution in [0.1, 0.15) is 23.6 Å². The largest absolute Gasteiger partial charge is 0.330 e. The number of pyridine rings is 1. The lowest BCUT2D eigenvalue weighted by Crippen LogP contribution is -2.47. The second kappa shape index (κ2) is 7.72. The van der Waals surface area contributed by atoms with Crippen LogP contribution in [-0.4, -0.2) is 28.4 Å². The summed E-state index contributed by atoms with van der Waals surface area (Å²) in [6, 6.07) is 17.7. The number of benzene rings is 2. The number of hydrogen-bond acceptors (Lipinski definition) is 3. The molecule has 2 unspecified atom stereocenters. The van der Waals surface area contributed by atoms with E-state index in [0.29, 0.717) is 13.0 Å². The lowest BCUT2D eigenvalue weighted by Gasteiger charge is -2.35. The number of nitrogens with two attached hydrogens (primary N) is 1. The Morgan fingerprint density at radius 2 is 1.96 bits per heavy atom. The minimum absolute atomic E-state index is 0.00484. The summed E-state index contributed by atoms with van der Waals surface area (Å²) in [5.74, 6) is -0.0128. The van der Waals surface area contributed by atoms with Gasteiger partial charge in [0.05, 0.1) is 12.1 Å². The fourth-order valence-electron chi connectivity index (χ4n) is 3.81. The summed E-state index contributed by atoms with van der Waals surface area (Å²) in [6.07, 6.45) is 9.06. The summed E-state index contributed by atoms with van der Waals surface area (Å²) < 4.78 is 0. The van der Waals surface area contributed by atoms with Crippen molar-refractivity contribution in [1.29, 1.82) is 0 Å². The van der Waals surface area contributed by atoms with Crippen LogP contribution in [0.2, 0.25) is 0 Å². The van der Waals surface area contributed by atoms with Gasteiger partial charge in [-0.25, -0.2) is 0 Å². The van der Waals surface area contributed by atoms with E-state index < -0.39 is 6.04 Å². The maximum Gasteiger partial charge on any atom is 0.240 e. The summed E-state index contributed by atoms with van der Waals surface area (Å²) in [6.45, 7) is 0.585. The van der Waals surface area contributed by atoms with Gasteiger partial charge in [-0.3, -0.25) is 9.78 Å². The second-order valence-corrected chi connectivity index (χ2v) is 6.95. The summed E-state index contributed by atoms with van der Waals surface area (Å²) in [7, 11) is 0. The Balaban J connectivity index is 1.56. The molecule has 0 spiro atoms. The van der Waals surface area contributed by atoms with Crippen molar-refractivity contribution in [2.45, 2.75) is 24.9 Å². The third kappa shape index (κ3) is 3.62. The van der Waals surface area contributed by atoms with Crippen molar-refractivity contribution >= 4 is 16.7 Å². The molecule has 0 fully saturated rings. The SMILES string of the molecule is NC(Cc1cccc2ccccc12)C(=O)N1CC=CCC1c1cccnc1. The van der Waals surface area contributed by atoms with Crippen LogP contribution in [0.25, 0.3) is 10.8 Å². The maximum absolute atomic E-state index is 13.2. The number of carbonyl (C=O) groups excluding carboxylic acids is 1. The summed E-state index contributed by atoms with van der Waals surface area (Å²) in [5, 5.41) is 2.33. The van der Waals surface area contributed by atoms with E-state index in [0.717, 1.165) is 22.9 Å². The molecule has 4 rings (SSSR count). The number of rotatable bonds is 4. The van der Waals surface area contributed by atoms with Gasteiger partial charge in [0, 0.05) is 18.9 Å². The molecule has 136 valence electrons. The third-order valence-corrected chi connectivity index (χ3v) is 5.19. The molecule has 0 saturated heterocycles. The highest BCUT2D eigenvalue weighted by atomic mass is 16.2. The van der Waals surface area contributed by atoms with E-state index >= 15 is 0 Å². The molecule has 4 heteroatoms. The van der Waals surface area contributed by atoms with Gasteiger partial charge < -0.3 is 10.6 Å². The second-order valence-electron chi connectivity index (χ2n) is 6.95. The van der Waals surface area contributed by atoms with E-state index in [1.54, 1.807) is 6.20 Å².